The van der Waals surface area contributed by atoms with Crippen molar-refractivity contribution in [1.29, 1.82) is 0 Å². The Balaban J connectivity index is 1.99. The van der Waals surface area contributed by atoms with E-state index in [0.717, 1.165) is 12.0 Å². The predicted octanol–water partition coefficient (Wildman–Crippen LogP) is 1.51. The molecule has 1 aromatic carbocycles. The summed E-state index contributed by atoms with van der Waals surface area (Å²) >= 11 is 0. The van der Waals surface area contributed by atoms with E-state index >= 15 is 0 Å². The van der Waals surface area contributed by atoms with E-state index in [9.17, 15) is 13.2 Å². The molecule has 1 aromatic heterocycles. The molecule has 1 aliphatic rings. The molecule has 1 unspecified atom stereocenters. The number of sulfonamides is 1. The number of benzene rings is 1. The van der Waals surface area contributed by atoms with Crippen molar-refractivity contribution in [2.75, 3.05) is 12.3 Å². The van der Waals surface area contributed by atoms with E-state index in [0.29, 0.717) is 31.8 Å². The number of nitrogens with zero attached hydrogens (tertiary/aromatic N) is 4. The van der Waals surface area contributed by atoms with Gasteiger partial charge in [-0.3, -0.25) is 4.57 Å². The largest absolute Gasteiger partial charge is 0.346 e. The molecule has 1 atom stereocenters. The summed E-state index contributed by atoms with van der Waals surface area (Å²) < 4.78 is 29.6. The van der Waals surface area contributed by atoms with Crippen LogP contribution in [-0.2, 0) is 23.6 Å². The van der Waals surface area contributed by atoms with Crippen LogP contribution in [0.25, 0.3) is 0 Å². The van der Waals surface area contributed by atoms with Gasteiger partial charge in [0.1, 0.15) is 0 Å². The SMILES string of the molecule is CCCS(=O)(=O)N1CCCC1c1nn(C)c(=O)n1Cc1ccccc1. The lowest BCUT2D eigenvalue weighted by Crippen LogP contribution is -2.34. The second kappa shape index (κ2) is 7.13. The summed E-state index contributed by atoms with van der Waals surface area (Å²) in [5.41, 5.74) is 0.762. The number of hydrogen-bond acceptors (Lipinski definition) is 4. The fraction of sp³-hybridized carbons (Fsp3) is 0.529. The Kier molecular flexibility index (Phi) is 5.10. The van der Waals surface area contributed by atoms with Crippen molar-refractivity contribution in [2.45, 2.75) is 38.8 Å². The second-order valence-electron chi connectivity index (χ2n) is 6.42. The van der Waals surface area contributed by atoms with Gasteiger partial charge in [0, 0.05) is 13.6 Å². The number of rotatable bonds is 6. The van der Waals surface area contributed by atoms with E-state index in [-0.39, 0.29) is 17.5 Å². The minimum atomic E-state index is -3.33. The molecule has 25 heavy (non-hydrogen) atoms. The highest BCUT2D eigenvalue weighted by Gasteiger charge is 2.38. The molecular weight excluding hydrogens is 340 g/mol. The van der Waals surface area contributed by atoms with Gasteiger partial charge >= 0.3 is 5.69 Å². The Hall–Kier alpha value is -1.93. The standard InChI is InChI=1S/C17H24N4O3S/c1-3-12-25(23,24)21-11-7-10-15(21)16-18-19(2)17(22)20(16)13-14-8-5-4-6-9-14/h4-6,8-9,15H,3,7,10-13H2,1-2H3. The lowest BCUT2D eigenvalue weighted by Gasteiger charge is -2.23. The van der Waals surface area contributed by atoms with Gasteiger partial charge in [0.15, 0.2) is 5.82 Å². The van der Waals surface area contributed by atoms with E-state index in [1.807, 2.05) is 37.3 Å². The molecule has 2 heterocycles. The highest BCUT2D eigenvalue weighted by Crippen LogP contribution is 2.33. The van der Waals surface area contributed by atoms with Gasteiger partial charge in [0.05, 0.1) is 18.3 Å². The van der Waals surface area contributed by atoms with Gasteiger partial charge in [-0.2, -0.15) is 9.40 Å². The molecule has 8 heteroatoms. The molecule has 0 spiro atoms. The first-order chi connectivity index (χ1) is 11.9. The molecule has 1 fully saturated rings. The van der Waals surface area contributed by atoms with Crippen molar-refractivity contribution in [1.82, 2.24) is 18.7 Å². The average molecular weight is 364 g/mol. The van der Waals surface area contributed by atoms with Crippen LogP contribution in [-0.4, -0.2) is 39.4 Å². The van der Waals surface area contributed by atoms with Crippen molar-refractivity contribution < 1.29 is 8.42 Å². The summed E-state index contributed by atoms with van der Waals surface area (Å²) in [4.78, 5) is 12.5. The predicted molar refractivity (Wildman–Crippen MR) is 95.8 cm³/mol. The van der Waals surface area contributed by atoms with Crippen LogP contribution < -0.4 is 5.69 Å². The van der Waals surface area contributed by atoms with Crippen molar-refractivity contribution in [3.05, 3.63) is 52.2 Å². The molecule has 0 amide bonds. The van der Waals surface area contributed by atoms with Crippen LogP contribution in [0.2, 0.25) is 0 Å². The third kappa shape index (κ3) is 3.55. The van der Waals surface area contributed by atoms with Crippen LogP contribution in [0.5, 0.6) is 0 Å². The van der Waals surface area contributed by atoms with Gasteiger partial charge in [-0.15, -0.1) is 0 Å². The minimum absolute atomic E-state index is 0.124. The topological polar surface area (TPSA) is 77.2 Å². The zero-order chi connectivity index (χ0) is 18.0. The third-order valence-electron chi connectivity index (χ3n) is 4.54. The summed E-state index contributed by atoms with van der Waals surface area (Å²) in [6.07, 6.45) is 2.04. The van der Waals surface area contributed by atoms with E-state index in [1.165, 1.54) is 8.99 Å². The van der Waals surface area contributed by atoms with Crippen LogP contribution in [0.3, 0.4) is 0 Å². The van der Waals surface area contributed by atoms with Crippen molar-refractivity contribution in [3.63, 3.8) is 0 Å². The molecule has 2 aromatic rings. The molecule has 0 aliphatic carbocycles. The van der Waals surface area contributed by atoms with Crippen LogP contribution >= 0.6 is 0 Å². The maximum absolute atomic E-state index is 12.6. The number of aromatic nitrogens is 3. The summed E-state index contributed by atoms with van der Waals surface area (Å²) in [5.74, 6) is 0.660. The fourth-order valence-corrected chi connectivity index (χ4v) is 5.14. The minimum Gasteiger partial charge on any atom is -0.273 e. The van der Waals surface area contributed by atoms with Crippen LogP contribution in [0.15, 0.2) is 35.1 Å². The molecule has 1 aliphatic heterocycles. The van der Waals surface area contributed by atoms with E-state index in [2.05, 4.69) is 5.10 Å². The summed E-state index contributed by atoms with van der Waals surface area (Å²) in [6.45, 7) is 2.73. The van der Waals surface area contributed by atoms with Gasteiger partial charge in [0.2, 0.25) is 10.0 Å². The first kappa shape index (κ1) is 17.9. The van der Waals surface area contributed by atoms with Crippen LogP contribution in [0, 0.1) is 0 Å². The molecule has 7 nitrogen and oxygen atoms in total. The van der Waals surface area contributed by atoms with Crippen molar-refractivity contribution in [3.8, 4) is 0 Å². The smallest absolute Gasteiger partial charge is 0.273 e. The van der Waals surface area contributed by atoms with E-state index in [4.69, 9.17) is 0 Å². The lowest BCUT2D eigenvalue weighted by atomic mass is 10.2. The molecular formula is C17H24N4O3S. The first-order valence-corrected chi connectivity index (χ1v) is 10.2. The molecule has 0 bridgehead atoms. The quantitative estimate of drug-likeness (QED) is 0.778. The Morgan fingerprint density at radius 3 is 2.64 bits per heavy atom. The molecule has 0 saturated carbocycles. The third-order valence-corrected chi connectivity index (χ3v) is 6.62. The second-order valence-corrected chi connectivity index (χ2v) is 8.46. The number of hydrogen-bond donors (Lipinski definition) is 0. The highest BCUT2D eigenvalue weighted by molar-refractivity contribution is 7.89. The summed E-state index contributed by atoms with van der Waals surface area (Å²) in [7, 11) is -1.73. The zero-order valence-electron chi connectivity index (χ0n) is 14.6. The maximum Gasteiger partial charge on any atom is 0.346 e. The van der Waals surface area contributed by atoms with Crippen molar-refractivity contribution >= 4 is 10.0 Å². The van der Waals surface area contributed by atoms with Gasteiger partial charge in [-0.05, 0) is 24.8 Å². The molecule has 136 valence electrons. The molecule has 0 N–H and O–H groups in total. The van der Waals surface area contributed by atoms with Gasteiger partial charge < -0.3 is 0 Å². The summed E-state index contributed by atoms with van der Waals surface area (Å²) in [5, 5.41) is 4.37. The normalized spacial score (nSPS) is 18.7. The molecule has 0 radical (unpaired) electrons. The summed E-state index contributed by atoms with van der Waals surface area (Å²) in [6, 6.07) is 9.29. The Bertz CT molecular complexity index is 886. The number of aryl methyl sites for hydroxylation is 1. The monoisotopic (exact) mass is 364 g/mol. The van der Waals surface area contributed by atoms with Crippen LogP contribution in [0.1, 0.15) is 43.6 Å². The van der Waals surface area contributed by atoms with Crippen molar-refractivity contribution in [2.24, 2.45) is 7.05 Å². The maximum atomic E-state index is 12.6. The molecule has 1 saturated heterocycles. The average Bonchev–Trinajstić information content (AvgIpc) is 3.17. The zero-order valence-corrected chi connectivity index (χ0v) is 15.4. The Morgan fingerprint density at radius 1 is 1.24 bits per heavy atom. The van der Waals surface area contributed by atoms with Crippen LogP contribution in [0.4, 0.5) is 0 Å². The van der Waals surface area contributed by atoms with Gasteiger partial charge in [-0.25, -0.2) is 17.9 Å². The highest BCUT2D eigenvalue weighted by atomic mass is 32.2. The lowest BCUT2D eigenvalue weighted by molar-refractivity contribution is 0.372. The van der Waals surface area contributed by atoms with Gasteiger partial charge in [-0.1, -0.05) is 37.3 Å². The Morgan fingerprint density at radius 2 is 1.96 bits per heavy atom. The van der Waals surface area contributed by atoms with Gasteiger partial charge in [0.25, 0.3) is 0 Å². The fourth-order valence-electron chi connectivity index (χ4n) is 3.39. The first-order valence-electron chi connectivity index (χ1n) is 8.61. The Labute approximate surface area is 147 Å². The van der Waals surface area contributed by atoms with E-state index in [1.54, 1.807) is 11.6 Å². The molecule has 3 rings (SSSR count). The van der Waals surface area contributed by atoms with E-state index < -0.39 is 10.0 Å².